The molecule has 3 nitrogen and oxygen atoms in total. The minimum Gasteiger partial charge on any atom is -0.214 e. The van der Waals surface area contributed by atoms with Crippen molar-refractivity contribution in [3.8, 4) is 0 Å². The van der Waals surface area contributed by atoms with Crippen LogP contribution in [0.3, 0.4) is 0 Å². The minimum absolute atomic E-state index is 0.242. The van der Waals surface area contributed by atoms with E-state index in [0.29, 0.717) is 6.54 Å². The zero-order valence-electron chi connectivity index (χ0n) is 8.38. The third-order valence-corrected chi connectivity index (χ3v) is 4.32. The van der Waals surface area contributed by atoms with E-state index < -0.39 is 10.0 Å². The molecule has 0 radical (unpaired) electrons. The van der Waals surface area contributed by atoms with E-state index in [1.54, 1.807) is 13.8 Å². The number of nitrogens with one attached hydrogen (secondary N) is 1. The summed E-state index contributed by atoms with van der Waals surface area (Å²) in [4.78, 5) is 0.242. The van der Waals surface area contributed by atoms with E-state index in [9.17, 15) is 8.42 Å². The molecule has 0 aromatic heterocycles. The van der Waals surface area contributed by atoms with E-state index in [-0.39, 0.29) is 10.1 Å². The van der Waals surface area contributed by atoms with Crippen molar-refractivity contribution in [2.45, 2.75) is 43.7 Å². The molecule has 0 bridgehead atoms. The minimum atomic E-state index is -3.09. The van der Waals surface area contributed by atoms with Crippen LogP contribution in [0, 0.1) is 0 Å². The van der Waals surface area contributed by atoms with Gasteiger partial charge in [-0.2, -0.15) is 0 Å². The molecule has 0 aliphatic carbocycles. The molecule has 0 aliphatic heterocycles. The first kappa shape index (κ1) is 13.4. The molecule has 0 spiro atoms. The quantitative estimate of drug-likeness (QED) is 0.750. The summed E-state index contributed by atoms with van der Waals surface area (Å²) in [5, 5.41) is -0.353. The number of hydrogen-bond donors (Lipinski definition) is 1. The third-order valence-electron chi connectivity index (χ3n) is 1.73. The van der Waals surface area contributed by atoms with Crippen molar-refractivity contribution in [3.05, 3.63) is 0 Å². The van der Waals surface area contributed by atoms with Crippen LogP contribution >= 0.6 is 15.9 Å². The molecular formula is C8H18BrNO2S. The topological polar surface area (TPSA) is 46.2 Å². The maximum Gasteiger partial charge on any atom is 0.213 e. The van der Waals surface area contributed by atoms with Gasteiger partial charge in [0.05, 0.1) is 5.25 Å². The second-order valence-corrected chi connectivity index (χ2v) is 6.94. The molecule has 0 fully saturated rings. The van der Waals surface area contributed by atoms with E-state index >= 15 is 0 Å². The summed E-state index contributed by atoms with van der Waals surface area (Å²) in [7, 11) is -3.09. The summed E-state index contributed by atoms with van der Waals surface area (Å²) in [6.07, 6.45) is 2.04. The fourth-order valence-corrected chi connectivity index (χ4v) is 2.39. The first-order valence-electron chi connectivity index (χ1n) is 4.52. The molecule has 0 rings (SSSR count). The highest BCUT2D eigenvalue weighted by atomic mass is 79.9. The lowest BCUT2D eigenvalue weighted by Gasteiger charge is -2.12. The Bertz CT molecular complexity index is 226. The molecule has 0 amide bonds. The van der Waals surface area contributed by atoms with E-state index in [1.807, 2.05) is 0 Å². The Morgan fingerprint density at radius 3 is 2.31 bits per heavy atom. The van der Waals surface area contributed by atoms with Gasteiger partial charge in [0.25, 0.3) is 0 Å². The summed E-state index contributed by atoms with van der Waals surface area (Å²) in [6.45, 7) is 5.90. The Balaban J connectivity index is 3.89. The Kier molecular flexibility index (Phi) is 6.16. The molecule has 1 unspecified atom stereocenters. The van der Waals surface area contributed by atoms with Crippen LogP contribution in [0.5, 0.6) is 0 Å². The van der Waals surface area contributed by atoms with Gasteiger partial charge in [0.1, 0.15) is 0 Å². The van der Waals surface area contributed by atoms with Crippen molar-refractivity contribution in [1.82, 2.24) is 4.72 Å². The van der Waals surface area contributed by atoms with Crippen molar-refractivity contribution in [2.75, 3.05) is 6.54 Å². The smallest absolute Gasteiger partial charge is 0.213 e. The van der Waals surface area contributed by atoms with E-state index in [0.717, 1.165) is 12.8 Å². The Morgan fingerprint density at radius 1 is 1.38 bits per heavy atom. The molecule has 0 saturated carbocycles. The predicted molar refractivity (Wildman–Crippen MR) is 59.7 cm³/mol. The first-order valence-corrected chi connectivity index (χ1v) is 6.99. The lowest BCUT2D eigenvalue weighted by Crippen LogP contribution is -2.34. The Morgan fingerprint density at radius 2 is 1.92 bits per heavy atom. The molecule has 0 aromatic carbocycles. The molecule has 0 saturated heterocycles. The van der Waals surface area contributed by atoms with Crippen LogP contribution in [0.15, 0.2) is 0 Å². The van der Waals surface area contributed by atoms with Crippen molar-refractivity contribution in [2.24, 2.45) is 0 Å². The molecule has 80 valence electrons. The maximum absolute atomic E-state index is 11.3. The highest BCUT2D eigenvalue weighted by molar-refractivity contribution is 9.09. The van der Waals surface area contributed by atoms with Gasteiger partial charge in [0, 0.05) is 11.4 Å². The highest BCUT2D eigenvalue weighted by Gasteiger charge is 2.16. The number of hydrogen-bond acceptors (Lipinski definition) is 2. The highest BCUT2D eigenvalue weighted by Crippen LogP contribution is 2.07. The van der Waals surface area contributed by atoms with Gasteiger partial charge in [0.15, 0.2) is 0 Å². The van der Waals surface area contributed by atoms with Crippen LogP contribution in [0.1, 0.15) is 33.6 Å². The van der Waals surface area contributed by atoms with Crippen LogP contribution in [0.25, 0.3) is 0 Å². The predicted octanol–water partition coefficient (Wildman–Crippen LogP) is 1.88. The molecule has 1 atom stereocenters. The molecule has 0 aromatic rings. The average molecular weight is 272 g/mol. The normalized spacial score (nSPS) is 14.8. The van der Waals surface area contributed by atoms with Gasteiger partial charge in [0.2, 0.25) is 10.0 Å². The first-order chi connectivity index (χ1) is 5.90. The molecule has 5 heteroatoms. The Labute approximate surface area is 89.5 Å². The summed E-state index contributed by atoms with van der Waals surface area (Å²) >= 11 is 3.41. The van der Waals surface area contributed by atoms with E-state index in [4.69, 9.17) is 0 Å². The van der Waals surface area contributed by atoms with Crippen LogP contribution in [0.2, 0.25) is 0 Å². The standard InChI is InChI=1S/C8H18BrNO2S/c1-4-5-8(9)6-10-13(11,12)7(2)3/h7-8,10H,4-6H2,1-3H3. The van der Waals surface area contributed by atoms with Gasteiger partial charge in [-0.05, 0) is 20.3 Å². The van der Waals surface area contributed by atoms with Crippen molar-refractivity contribution >= 4 is 26.0 Å². The fourth-order valence-electron chi connectivity index (χ4n) is 0.789. The number of halogens is 1. The van der Waals surface area contributed by atoms with Gasteiger partial charge in [-0.15, -0.1) is 0 Å². The lowest BCUT2D eigenvalue weighted by molar-refractivity contribution is 0.569. The summed E-state index contributed by atoms with van der Waals surface area (Å²) in [6, 6.07) is 0. The van der Waals surface area contributed by atoms with Crippen molar-refractivity contribution in [1.29, 1.82) is 0 Å². The van der Waals surface area contributed by atoms with E-state index in [1.165, 1.54) is 0 Å². The molecular weight excluding hydrogens is 254 g/mol. The molecule has 1 N–H and O–H groups in total. The van der Waals surface area contributed by atoms with Gasteiger partial charge in [-0.1, -0.05) is 29.3 Å². The maximum atomic E-state index is 11.3. The monoisotopic (exact) mass is 271 g/mol. The van der Waals surface area contributed by atoms with Gasteiger partial charge in [-0.25, -0.2) is 13.1 Å². The van der Waals surface area contributed by atoms with Gasteiger partial charge < -0.3 is 0 Å². The number of sulfonamides is 1. The largest absolute Gasteiger partial charge is 0.214 e. The fraction of sp³-hybridized carbons (Fsp3) is 1.00. The zero-order valence-corrected chi connectivity index (χ0v) is 10.8. The van der Waals surface area contributed by atoms with Crippen LogP contribution in [0.4, 0.5) is 0 Å². The molecule has 0 aliphatic rings. The van der Waals surface area contributed by atoms with Crippen LogP contribution < -0.4 is 4.72 Å². The number of rotatable bonds is 6. The Hall–Kier alpha value is 0.390. The zero-order chi connectivity index (χ0) is 10.5. The SMILES string of the molecule is CCCC(Br)CNS(=O)(=O)C(C)C. The summed E-state index contributed by atoms with van der Waals surface area (Å²) in [5.74, 6) is 0. The van der Waals surface area contributed by atoms with Gasteiger partial charge in [-0.3, -0.25) is 0 Å². The summed E-state index contributed by atoms with van der Waals surface area (Å²) < 4.78 is 25.2. The van der Waals surface area contributed by atoms with Crippen molar-refractivity contribution < 1.29 is 8.42 Å². The third kappa shape index (κ3) is 5.65. The summed E-state index contributed by atoms with van der Waals surface area (Å²) in [5.41, 5.74) is 0. The second kappa shape index (κ2) is 5.98. The average Bonchev–Trinajstić information content (AvgIpc) is 2.01. The van der Waals surface area contributed by atoms with Crippen LogP contribution in [-0.2, 0) is 10.0 Å². The second-order valence-electron chi connectivity index (χ2n) is 3.33. The van der Waals surface area contributed by atoms with Crippen molar-refractivity contribution in [3.63, 3.8) is 0 Å². The van der Waals surface area contributed by atoms with Crippen LogP contribution in [-0.4, -0.2) is 25.0 Å². The number of alkyl halides is 1. The lowest BCUT2D eigenvalue weighted by atomic mass is 10.2. The van der Waals surface area contributed by atoms with E-state index in [2.05, 4.69) is 27.6 Å². The van der Waals surface area contributed by atoms with Gasteiger partial charge >= 0.3 is 0 Å². The molecule has 0 heterocycles. The molecule has 13 heavy (non-hydrogen) atoms.